The molecule has 1 aliphatic rings. The molecule has 3 heterocycles. The fourth-order valence-electron chi connectivity index (χ4n) is 3.13. The maximum absolute atomic E-state index is 10.8. The topological polar surface area (TPSA) is 76.7 Å². The lowest BCUT2D eigenvalue weighted by atomic mass is 9.97. The zero-order valence-corrected chi connectivity index (χ0v) is 13.0. The number of carbonyl (C=O) groups is 1. The second kappa shape index (κ2) is 6.04. The first-order chi connectivity index (χ1) is 10.6. The molecule has 3 rings (SSSR count). The number of aryl methyl sites for hydroxylation is 2. The third-order valence-corrected chi connectivity index (χ3v) is 4.41. The number of nitrogens with zero attached hydrogens (tertiary/aromatic N) is 3. The zero-order valence-electron chi connectivity index (χ0n) is 13.0. The molecule has 2 aromatic rings. The number of hydrogen-bond acceptors (Lipinski definition) is 4. The first-order valence-corrected chi connectivity index (χ1v) is 7.71. The van der Waals surface area contributed by atoms with Crippen molar-refractivity contribution in [1.82, 2.24) is 14.6 Å². The maximum atomic E-state index is 10.8. The summed E-state index contributed by atoms with van der Waals surface area (Å²) in [7, 11) is 0. The summed E-state index contributed by atoms with van der Waals surface area (Å²) in [4.78, 5) is 15.4. The fourth-order valence-corrected chi connectivity index (χ4v) is 3.13. The monoisotopic (exact) mass is 303 g/mol. The molecule has 0 saturated carbocycles. The van der Waals surface area contributed by atoms with E-state index < -0.39 is 5.97 Å². The third-order valence-electron chi connectivity index (χ3n) is 4.41. The van der Waals surface area contributed by atoms with E-state index in [0.717, 1.165) is 54.3 Å². The van der Waals surface area contributed by atoms with Crippen LogP contribution < -0.4 is 0 Å². The summed E-state index contributed by atoms with van der Waals surface area (Å²) >= 11 is 0. The van der Waals surface area contributed by atoms with Gasteiger partial charge < -0.3 is 9.84 Å². The van der Waals surface area contributed by atoms with Crippen LogP contribution in [0.5, 0.6) is 0 Å². The summed E-state index contributed by atoms with van der Waals surface area (Å²) in [6.07, 6.45) is 2.59. The predicted octanol–water partition coefficient (Wildman–Crippen LogP) is 2.26. The van der Waals surface area contributed by atoms with E-state index >= 15 is 0 Å². The van der Waals surface area contributed by atoms with Crippen molar-refractivity contribution in [2.45, 2.75) is 45.4 Å². The molecule has 0 radical (unpaired) electrons. The lowest BCUT2D eigenvalue weighted by molar-refractivity contribution is -0.136. The smallest absolute Gasteiger partial charge is 0.303 e. The largest absolute Gasteiger partial charge is 0.481 e. The van der Waals surface area contributed by atoms with Crippen LogP contribution in [0, 0.1) is 13.8 Å². The van der Waals surface area contributed by atoms with Crippen LogP contribution in [-0.4, -0.2) is 38.9 Å². The molecule has 0 spiro atoms. The standard InChI is InChI=1S/C16H21N3O3/c1-10-13(3-4-16(20)21)11(2)19-15(17-10)9-14(18-19)12-5-7-22-8-6-12/h9,12H,3-8H2,1-2H3,(H,20,21). The molecule has 1 aliphatic heterocycles. The Balaban J connectivity index is 1.97. The molecule has 0 bridgehead atoms. The first kappa shape index (κ1) is 15.0. The molecule has 6 heteroatoms. The van der Waals surface area contributed by atoms with Gasteiger partial charge in [-0.3, -0.25) is 4.79 Å². The van der Waals surface area contributed by atoms with Gasteiger partial charge in [0.1, 0.15) is 0 Å². The molecular weight excluding hydrogens is 282 g/mol. The molecule has 0 aliphatic carbocycles. The number of aromatic nitrogens is 3. The van der Waals surface area contributed by atoms with Crippen LogP contribution in [0.15, 0.2) is 6.07 Å². The van der Waals surface area contributed by atoms with E-state index in [4.69, 9.17) is 14.9 Å². The van der Waals surface area contributed by atoms with Crippen molar-refractivity contribution < 1.29 is 14.6 Å². The number of hydrogen-bond donors (Lipinski definition) is 1. The van der Waals surface area contributed by atoms with E-state index in [-0.39, 0.29) is 6.42 Å². The van der Waals surface area contributed by atoms with E-state index in [1.165, 1.54) is 0 Å². The summed E-state index contributed by atoms with van der Waals surface area (Å²) < 4.78 is 7.26. The van der Waals surface area contributed by atoms with Crippen LogP contribution in [0.25, 0.3) is 5.65 Å². The summed E-state index contributed by atoms with van der Waals surface area (Å²) in [6, 6.07) is 2.05. The first-order valence-electron chi connectivity index (χ1n) is 7.71. The average Bonchev–Trinajstić information content (AvgIpc) is 2.92. The predicted molar refractivity (Wildman–Crippen MR) is 81.2 cm³/mol. The number of carboxylic acid groups (broad SMARTS) is 1. The minimum Gasteiger partial charge on any atom is -0.481 e. The van der Waals surface area contributed by atoms with Crippen LogP contribution in [0.1, 0.15) is 47.8 Å². The number of aliphatic carboxylic acids is 1. The highest BCUT2D eigenvalue weighted by Crippen LogP contribution is 2.27. The summed E-state index contributed by atoms with van der Waals surface area (Å²) in [5, 5.41) is 13.6. The second-order valence-corrected chi connectivity index (χ2v) is 5.88. The van der Waals surface area contributed by atoms with Crippen molar-refractivity contribution in [3.05, 3.63) is 28.7 Å². The average molecular weight is 303 g/mol. The molecule has 0 unspecified atom stereocenters. The molecule has 22 heavy (non-hydrogen) atoms. The van der Waals surface area contributed by atoms with Gasteiger partial charge in [-0.2, -0.15) is 5.10 Å². The van der Waals surface area contributed by atoms with Gasteiger partial charge >= 0.3 is 5.97 Å². The number of ether oxygens (including phenoxy) is 1. The second-order valence-electron chi connectivity index (χ2n) is 5.88. The van der Waals surface area contributed by atoms with Crippen LogP contribution in [0.2, 0.25) is 0 Å². The van der Waals surface area contributed by atoms with Crippen LogP contribution >= 0.6 is 0 Å². The van der Waals surface area contributed by atoms with Gasteiger partial charge in [-0.1, -0.05) is 0 Å². The highest BCUT2D eigenvalue weighted by molar-refractivity contribution is 5.67. The van der Waals surface area contributed by atoms with E-state index in [9.17, 15) is 4.79 Å². The van der Waals surface area contributed by atoms with Gasteiger partial charge in [0.25, 0.3) is 0 Å². The molecule has 118 valence electrons. The molecule has 6 nitrogen and oxygen atoms in total. The fraction of sp³-hybridized carbons (Fsp3) is 0.562. The Labute approximate surface area is 129 Å². The van der Waals surface area contributed by atoms with Gasteiger partial charge in [-0.15, -0.1) is 0 Å². The van der Waals surface area contributed by atoms with Crippen molar-refractivity contribution in [2.24, 2.45) is 0 Å². The lowest BCUT2D eigenvalue weighted by Crippen LogP contribution is -2.14. The Hall–Kier alpha value is -1.95. The lowest BCUT2D eigenvalue weighted by Gasteiger charge is -2.19. The zero-order chi connectivity index (χ0) is 15.7. The van der Waals surface area contributed by atoms with Crippen molar-refractivity contribution in [2.75, 3.05) is 13.2 Å². The summed E-state index contributed by atoms with van der Waals surface area (Å²) in [5.41, 5.74) is 4.77. The minimum atomic E-state index is -0.790. The Kier molecular flexibility index (Phi) is 4.11. The minimum absolute atomic E-state index is 0.114. The van der Waals surface area contributed by atoms with Gasteiger partial charge in [0, 0.05) is 43.0 Å². The molecule has 0 atom stereocenters. The molecule has 2 aromatic heterocycles. The molecule has 0 aromatic carbocycles. The number of carboxylic acids is 1. The molecule has 1 saturated heterocycles. The molecule has 1 N–H and O–H groups in total. The SMILES string of the molecule is Cc1nc2cc(C3CCOCC3)nn2c(C)c1CCC(=O)O. The van der Waals surface area contributed by atoms with Gasteiger partial charge in [0.05, 0.1) is 5.69 Å². The Bertz CT molecular complexity index is 702. The molecule has 1 fully saturated rings. The van der Waals surface area contributed by atoms with E-state index in [1.807, 2.05) is 18.4 Å². The number of rotatable bonds is 4. The van der Waals surface area contributed by atoms with Crippen molar-refractivity contribution in [3.63, 3.8) is 0 Å². The Morgan fingerprint density at radius 1 is 1.41 bits per heavy atom. The third kappa shape index (κ3) is 2.83. The summed E-state index contributed by atoms with van der Waals surface area (Å²) in [5.74, 6) is -0.361. The number of fused-ring (bicyclic) bond motifs is 1. The molecular formula is C16H21N3O3. The highest BCUT2D eigenvalue weighted by atomic mass is 16.5. The van der Waals surface area contributed by atoms with Gasteiger partial charge in [0.2, 0.25) is 0 Å². The van der Waals surface area contributed by atoms with Crippen LogP contribution in [-0.2, 0) is 16.0 Å². The highest BCUT2D eigenvalue weighted by Gasteiger charge is 2.20. The molecule has 0 amide bonds. The normalized spacial score (nSPS) is 16.3. The van der Waals surface area contributed by atoms with Gasteiger partial charge in [-0.05, 0) is 38.7 Å². The van der Waals surface area contributed by atoms with Crippen molar-refractivity contribution >= 4 is 11.6 Å². The Morgan fingerprint density at radius 2 is 2.14 bits per heavy atom. The van der Waals surface area contributed by atoms with Crippen molar-refractivity contribution in [3.8, 4) is 0 Å². The van der Waals surface area contributed by atoms with Crippen molar-refractivity contribution in [1.29, 1.82) is 0 Å². The van der Waals surface area contributed by atoms with E-state index in [0.29, 0.717) is 12.3 Å². The van der Waals surface area contributed by atoms with Crippen LogP contribution in [0.4, 0.5) is 0 Å². The summed E-state index contributed by atoms with van der Waals surface area (Å²) in [6.45, 7) is 5.49. The van der Waals surface area contributed by atoms with E-state index in [2.05, 4.69) is 11.1 Å². The maximum Gasteiger partial charge on any atom is 0.303 e. The Morgan fingerprint density at radius 3 is 2.82 bits per heavy atom. The van der Waals surface area contributed by atoms with Gasteiger partial charge in [0.15, 0.2) is 5.65 Å². The quantitative estimate of drug-likeness (QED) is 0.937. The van der Waals surface area contributed by atoms with Gasteiger partial charge in [-0.25, -0.2) is 9.50 Å². The van der Waals surface area contributed by atoms with E-state index in [1.54, 1.807) is 0 Å². The van der Waals surface area contributed by atoms with Crippen LogP contribution in [0.3, 0.4) is 0 Å².